The third kappa shape index (κ3) is 5.39. The van der Waals surface area contributed by atoms with Gasteiger partial charge in [-0.15, -0.1) is 0 Å². The molecule has 2 N–H and O–H groups in total. The first kappa shape index (κ1) is 22.5. The molecule has 8 heteroatoms. The van der Waals surface area contributed by atoms with E-state index < -0.39 is 0 Å². The summed E-state index contributed by atoms with van der Waals surface area (Å²) < 4.78 is 17.7. The molecule has 0 aliphatic carbocycles. The second-order valence-corrected chi connectivity index (χ2v) is 8.25. The monoisotopic (exact) mass is 450 g/mol. The second-order valence-electron chi connectivity index (χ2n) is 8.25. The van der Waals surface area contributed by atoms with Gasteiger partial charge in [-0.2, -0.15) is 0 Å². The van der Waals surface area contributed by atoms with E-state index in [1.807, 2.05) is 57.2 Å². The fourth-order valence-corrected chi connectivity index (χ4v) is 3.57. The van der Waals surface area contributed by atoms with Gasteiger partial charge in [0.15, 0.2) is 5.76 Å². The van der Waals surface area contributed by atoms with Crippen LogP contribution in [0, 0.1) is 6.92 Å². The normalized spacial score (nSPS) is 13.4. The maximum Gasteiger partial charge on any atom is 0.321 e. The first-order valence-electron chi connectivity index (χ1n) is 11.3. The van der Waals surface area contributed by atoms with Gasteiger partial charge in [-0.05, 0) is 51.0 Å². The Balaban J connectivity index is 1.60. The fraction of sp³-hybridized carbons (Fsp3) is 0.360. The number of oxazole rings is 1. The van der Waals surface area contributed by atoms with Crippen LogP contribution in [0.1, 0.15) is 32.8 Å². The SMILES string of the molecule is CCCOc1ccc(C)c(Nc2ncc(-c3cc(OC(C)C)cc(N4CCNC4=O)c3)o2)c1. The van der Waals surface area contributed by atoms with Crippen LogP contribution in [0.5, 0.6) is 11.5 Å². The maximum absolute atomic E-state index is 12.2. The van der Waals surface area contributed by atoms with Crippen molar-refractivity contribution >= 4 is 23.4 Å². The van der Waals surface area contributed by atoms with Crippen LogP contribution in [-0.4, -0.2) is 36.8 Å². The first-order chi connectivity index (χ1) is 15.9. The number of anilines is 3. The van der Waals surface area contributed by atoms with Crippen LogP contribution in [0.4, 0.5) is 22.2 Å². The van der Waals surface area contributed by atoms with Crippen molar-refractivity contribution < 1.29 is 18.7 Å². The summed E-state index contributed by atoms with van der Waals surface area (Å²) in [6, 6.07) is 11.8. The number of carbonyl (C=O) groups excluding carboxylic acids is 1. The average Bonchev–Trinajstić information content (AvgIpc) is 3.42. The standard InChI is InChI=1S/C25H30N4O4/c1-5-10-31-20-7-6-17(4)22(14-20)28-24-27-15-23(33-24)18-11-19(29-9-8-26-25(29)30)13-21(12-18)32-16(2)3/h6-7,11-16H,5,8-10H2,1-4H3,(H,26,30)(H,27,28). The Kier molecular flexibility index (Phi) is 6.72. The molecule has 2 heterocycles. The minimum absolute atomic E-state index is 0.00219. The molecule has 1 aliphatic heterocycles. The number of nitrogens with one attached hydrogen (secondary N) is 2. The molecular formula is C25H30N4O4. The minimum atomic E-state index is -0.122. The minimum Gasteiger partial charge on any atom is -0.494 e. The van der Waals surface area contributed by atoms with Crippen LogP contribution in [0.2, 0.25) is 0 Å². The van der Waals surface area contributed by atoms with E-state index in [0.717, 1.165) is 34.7 Å². The highest BCUT2D eigenvalue weighted by atomic mass is 16.5. The molecule has 1 aliphatic rings. The number of carbonyl (C=O) groups is 1. The van der Waals surface area contributed by atoms with Gasteiger partial charge in [-0.25, -0.2) is 9.78 Å². The molecule has 174 valence electrons. The Morgan fingerprint density at radius 3 is 2.79 bits per heavy atom. The third-order valence-electron chi connectivity index (χ3n) is 5.15. The Morgan fingerprint density at radius 2 is 2.06 bits per heavy atom. The molecule has 33 heavy (non-hydrogen) atoms. The highest BCUT2D eigenvalue weighted by molar-refractivity contribution is 5.95. The van der Waals surface area contributed by atoms with Gasteiger partial charge in [0, 0.05) is 42.2 Å². The smallest absolute Gasteiger partial charge is 0.321 e. The van der Waals surface area contributed by atoms with Crippen molar-refractivity contribution in [1.82, 2.24) is 10.3 Å². The second kappa shape index (κ2) is 9.85. The van der Waals surface area contributed by atoms with Gasteiger partial charge in [0.2, 0.25) is 0 Å². The zero-order chi connectivity index (χ0) is 23.4. The molecule has 2 aromatic carbocycles. The van der Waals surface area contributed by atoms with Crippen molar-refractivity contribution in [3.63, 3.8) is 0 Å². The molecule has 8 nitrogen and oxygen atoms in total. The summed E-state index contributed by atoms with van der Waals surface area (Å²) in [4.78, 5) is 18.3. The van der Waals surface area contributed by atoms with Crippen LogP contribution < -0.4 is 25.0 Å². The van der Waals surface area contributed by atoms with Crippen molar-refractivity contribution in [1.29, 1.82) is 0 Å². The van der Waals surface area contributed by atoms with Gasteiger partial charge in [-0.3, -0.25) is 4.90 Å². The number of aryl methyl sites for hydroxylation is 1. The van der Waals surface area contributed by atoms with E-state index in [4.69, 9.17) is 13.9 Å². The molecule has 1 fully saturated rings. The molecular weight excluding hydrogens is 420 g/mol. The zero-order valence-corrected chi connectivity index (χ0v) is 19.5. The molecule has 1 saturated heterocycles. The third-order valence-corrected chi connectivity index (χ3v) is 5.15. The Labute approximate surface area is 193 Å². The van der Waals surface area contributed by atoms with E-state index in [9.17, 15) is 4.79 Å². The van der Waals surface area contributed by atoms with Crippen LogP contribution in [0.3, 0.4) is 0 Å². The summed E-state index contributed by atoms with van der Waals surface area (Å²) >= 11 is 0. The predicted octanol–water partition coefficient (Wildman–Crippen LogP) is 5.50. The summed E-state index contributed by atoms with van der Waals surface area (Å²) in [5.74, 6) is 2.03. The number of amides is 2. The molecule has 0 radical (unpaired) electrons. The van der Waals surface area contributed by atoms with Gasteiger partial charge in [0.05, 0.1) is 18.9 Å². The average molecular weight is 451 g/mol. The van der Waals surface area contributed by atoms with Crippen molar-refractivity contribution in [3.05, 3.63) is 48.2 Å². The topological polar surface area (TPSA) is 88.9 Å². The Hall–Kier alpha value is -3.68. The van der Waals surface area contributed by atoms with Crippen LogP contribution in [-0.2, 0) is 0 Å². The number of ether oxygens (including phenoxy) is 2. The number of aromatic nitrogens is 1. The number of nitrogens with zero attached hydrogens (tertiary/aromatic N) is 2. The maximum atomic E-state index is 12.2. The first-order valence-corrected chi connectivity index (χ1v) is 11.3. The Morgan fingerprint density at radius 1 is 1.21 bits per heavy atom. The number of hydrogen-bond acceptors (Lipinski definition) is 6. The van der Waals surface area contributed by atoms with Gasteiger partial charge >= 0.3 is 6.03 Å². The van der Waals surface area contributed by atoms with Crippen LogP contribution in [0.15, 0.2) is 47.0 Å². The predicted molar refractivity (Wildman–Crippen MR) is 129 cm³/mol. The molecule has 3 aromatic rings. The van der Waals surface area contributed by atoms with E-state index >= 15 is 0 Å². The molecule has 0 bridgehead atoms. The molecule has 0 atom stereocenters. The number of urea groups is 1. The van der Waals surface area contributed by atoms with Crippen molar-refractivity contribution in [2.45, 2.75) is 40.2 Å². The van der Waals surface area contributed by atoms with Gasteiger partial charge in [-0.1, -0.05) is 13.0 Å². The number of benzene rings is 2. The van der Waals surface area contributed by atoms with E-state index in [1.165, 1.54) is 0 Å². The quantitative estimate of drug-likeness (QED) is 0.448. The lowest BCUT2D eigenvalue weighted by atomic mass is 10.1. The van der Waals surface area contributed by atoms with Gasteiger partial charge in [0.25, 0.3) is 6.01 Å². The van der Waals surface area contributed by atoms with Gasteiger partial charge in [0.1, 0.15) is 11.5 Å². The van der Waals surface area contributed by atoms with Crippen LogP contribution >= 0.6 is 0 Å². The number of hydrogen-bond donors (Lipinski definition) is 2. The Bertz CT molecular complexity index is 1130. The summed E-state index contributed by atoms with van der Waals surface area (Å²) in [5.41, 5.74) is 3.44. The summed E-state index contributed by atoms with van der Waals surface area (Å²) in [6.45, 7) is 9.89. The molecule has 0 unspecified atom stereocenters. The lowest BCUT2D eigenvalue weighted by Crippen LogP contribution is -2.27. The summed E-state index contributed by atoms with van der Waals surface area (Å²) in [6.07, 6.45) is 2.61. The summed E-state index contributed by atoms with van der Waals surface area (Å²) in [7, 11) is 0. The summed E-state index contributed by atoms with van der Waals surface area (Å²) in [5, 5.41) is 6.07. The molecule has 0 spiro atoms. The highest BCUT2D eigenvalue weighted by Crippen LogP contribution is 2.34. The van der Waals surface area contributed by atoms with Crippen molar-refractivity contribution in [3.8, 4) is 22.8 Å². The van der Waals surface area contributed by atoms with E-state index in [2.05, 4.69) is 22.5 Å². The van der Waals surface area contributed by atoms with Crippen LogP contribution in [0.25, 0.3) is 11.3 Å². The zero-order valence-electron chi connectivity index (χ0n) is 19.5. The van der Waals surface area contributed by atoms with Gasteiger partial charge < -0.3 is 24.5 Å². The number of rotatable bonds is 9. The molecule has 1 aromatic heterocycles. The van der Waals surface area contributed by atoms with Crippen molar-refractivity contribution in [2.24, 2.45) is 0 Å². The molecule has 0 saturated carbocycles. The molecule has 4 rings (SSSR count). The lowest BCUT2D eigenvalue weighted by molar-refractivity contribution is 0.242. The van der Waals surface area contributed by atoms with E-state index in [0.29, 0.717) is 37.2 Å². The fourth-order valence-electron chi connectivity index (χ4n) is 3.57. The van der Waals surface area contributed by atoms with E-state index in [-0.39, 0.29) is 12.1 Å². The highest BCUT2D eigenvalue weighted by Gasteiger charge is 2.23. The van der Waals surface area contributed by atoms with E-state index in [1.54, 1.807) is 11.1 Å². The van der Waals surface area contributed by atoms with Crippen molar-refractivity contribution in [2.75, 3.05) is 29.9 Å². The largest absolute Gasteiger partial charge is 0.494 e. The molecule has 2 amide bonds. The lowest BCUT2D eigenvalue weighted by Gasteiger charge is -2.18.